The number of carboxylic acids is 1. The quantitative estimate of drug-likeness (QED) is 0.0656. The summed E-state index contributed by atoms with van der Waals surface area (Å²) in [6.07, 6.45) is 2.19. The first kappa shape index (κ1) is 44.2. The molecule has 0 aliphatic carbocycles. The van der Waals surface area contributed by atoms with Crippen LogP contribution in [0.2, 0.25) is 0 Å². The van der Waals surface area contributed by atoms with E-state index in [0.29, 0.717) is 17.6 Å². The molecule has 2 aromatic carbocycles. The van der Waals surface area contributed by atoms with Crippen molar-refractivity contribution in [3.63, 3.8) is 0 Å². The van der Waals surface area contributed by atoms with Crippen molar-refractivity contribution in [2.24, 2.45) is 10.2 Å². The number of hydrogen-bond acceptors (Lipinski definition) is 12. The van der Waals surface area contributed by atoms with Gasteiger partial charge in [0.25, 0.3) is 0 Å². The van der Waals surface area contributed by atoms with Gasteiger partial charge in [0.15, 0.2) is 5.69 Å². The molecule has 3 rings (SSSR count). The standard InChI is InChI=1S/C17H14N4O3.2CH4O3S.Cu.2Na.H2O/c1-11-15(16(22)21(20-11)12-7-3-2-4-8-12)19-18-14-10-6-5-9-13(14)17(23)24;1-5(2,3)4;1-5-4-3-2;;;;/h2-10,22H,1H3,(H,23,24);1H3,(H,2,3,4);2H,1H3;;;;1H2/q;;;;2*+1;/p-2. The van der Waals surface area contributed by atoms with Gasteiger partial charge in [-0.05, 0) is 31.2 Å². The summed E-state index contributed by atoms with van der Waals surface area (Å²) in [5.74, 6) is -1.25. The Morgan fingerprint density at radius 1 is 1.08 bits per heavy atom. The summed E-state index contributed by atoms with van der Waals surface area (Å²) in [7, 11) is -3.92. The van der Waals surface area contributed by atoms with E-state index in [9.17, 15) is 9.90 Å². The second kappa shape index (κ2) is 22.9. The predicted octanol–water partition coefficient (Wildman–Crippen LogP) is -4.17. The first-order valence-electron chi connectivity index (χ1n) is 8.97. The van der Waals surface area contributed by atoms with Crippen LogP contribution in [-0.4, -0.2) is 56.9 Å². The van der Waals surface area contributed by atoms with Gasteiger partial charge < -0.3 is 25.5 Å². The van der Waals surface area contributed by atoms with Crippen LogP contribution in [-0.2, 0) is 36.6 Å². The van der Waals surface area contributed by atoms with Gasteiger partial charge in [-0.2, -0.15) is 14.1 Å². The number of aryl methyl sites for hydroxylation is 1. The van der Waals surface area contributed by atoms with Gasteiger partial charge in [0.2, 0.25) is 5.88 Å². The molecule has 0 saturated heterocycles. The van der Waals surface area contributed by atoms with Gasteiger partial charge in [0.05, 0.1) is 27.1 Å². The van der Waals surface area contributed by atoms with E-state index >= 15 is 0 Å². The molecule has 14 nitrogen and oxygen atoms in total. The van der Waals surface area contributed by atoms with Gasteiger partial charge in [0, 0.05) is 41.6 Å². The maximum atomic E-state index is 11.2. The Bertz CT molecular complexity index is 1210. The first-order valence-corrected chi connectivity index (χ1v) is 11.9. The molecule has 203 valence electrons. The van der Waals surface area contributed by atoms with Crippen LogP contribution in [0, 0.1) is 6.92 Å². The van der Waals surface area contributed by atoms with Crippen LogP contribution < -0.4 is 64.4 Å². The average molecular weight is 640 g/mol. The van der Waals surface area contributed by atoms with Crippen molar-refractivity contribution in [3.05, 3.63) is 65.9 Å². The Labute approximate surface area is 278 Å². The van der Waals surface area contributed by atoms with E-state index in [1.807, 2.05) is 18.2 Å². The van der Waals surface area contributed by atoms with Crippen molar-refractivity contribution in [1.82, 2.24) is 9.78 Å². The van der Waals surface area contributed by atoms with E-state index in [1.54, 1.807) is 43.5 Å². The van der Waals surface area contributed by atoms with Crippen molar-refractivity contribution in [2.45, 2.75) is 6.92 Å². The van der Waals surface area contributed by atoms with E-state index in [4.69, 9.17) is 23.3 Å². The first-order chi connectivity index (χ1) is 16.0. The minimum atomic E-state index is -3.92. The van der Waals surface area contributed by atoms with Crippen LogP contribution >= 0.6 is 12.0 Å². The number of rotatable bonds is 6. The summed E-state index contributed by atoms with van der Waals surface area (Å²) >= 11 is 0.867. The Kier molecular flexibility index (Phi) is 26.6. The molecule has 0 aliphatic heterocycles. The maximum Gasteiger partial charge on any atom is 1.00 e. The van der Waals surface area contributed by atoms with Crippen LogP contribution in [0.4, 0.5) is 11.4 Å². The normalized spacial score (nSPS) is 9.61. The van der Waals surface area contributed by atoms with Gasteiger partial charge >= 0.3 is 65.1 Å². The number of aromatic carboxylic acids is 1. The number of azo groups is 1. The largest absolute Gasteiger partial charge is 1.00 e. The molecule has 1 radical (unpaired) electrons. The second-order valence-electron chi connectivity index (χ2n) is 6.03. The molecule has 1 heterocycles. The van der Waals surface area contributed by atoms with Crippen molar-refractivity contribution < 1.29 is 124 Å². The summed E-state index contributed by atoms with van der Waals surface area (Å²) in [6.45, 7) is 1.69. The Balaban J connectivity index is -0.000000357. The number of aromatic nitrogens is 2. The van der Waals surface area contributed by atoms with Gasteiger partial charge in [-0.25, -0.2) is 13.2 Å². The molecule has 0 atom stereocenters. The summed E-state index contributed by atoms with van der Waals surface area (Å²) < 4.78 is 32.3. The molecule has 0 spiro atoms. The molecule has 0 aliphatic rings. The monoisotopic (exact) mass is 639 g/mol. The minimum Gasteiger partial charge on any atom is -0.748 e. The molecule has 1 aromatic heterocycles. The third-order valence-corrected chi connectivity index (χ3v) is 3.69. The Hall–Kier alpha value is -0.861. The third kappa shape index (κ3) is 17.0. The SMILES string of the molecule is CS(=O)(=O)[O-].CSOO[O-].Cc1nn(-c2ccccc2)c(O)c1N=Nc1ccccc1C(=O)O.O.[Cu].[Na+].[Na+]. The molecular formula is C19H22CuN4Na2O10S2. The predicted molar refractivity (Wildman–Crippen MR) is 122 cm³/mol. The van der Waals surface area contributed by atoms with Crippen molar-refractivity contribution in [2.75, 3.05) is 12.5 Å². The van der Waals surface area contributed by atoms with Gasteiger partial charge in [0.1, 0.15) is 5.69 Å². The number of carboxylic acid groups (broad SMARTS) is 1. The zero-order valence-corrected chi connectivity index (χ0v) is 27.4. The summed E-state index contributed by atoms with van der Waals surface area (Å²) in [4.78, 5) is 11.2. The zero-order chi connectivity index (χ0) is 25.7. The van der Waals surface area contributed by atoms with Crippen LogP contribution in [0.25, 0.3) is 5.69 Å². The fourth-order valence-corrected chi connectivity index (χ4v) is 2.30. The number of nitrogens with zero attached hydrogens (tertiary/aromatic N) is 4. The van der Waals surface area contributed by atoms with E-state index < -0.39 is 16.1 Å². The van der Waals surface area contributed by atoms with E-state index in [-0.39, 0.29) is 104 Å². The molecule has 0 bridgehead atoms. The Morgan fingerprint density at radius 2 is 1.58 bits per heavy atom. The summed E-state index contributed by atoms with van der Waals surface area (Å²) in [5, 5.41) is 43.4. The van der Waals surface area contributed by atoms with Gasteiger partial charge in [-0.1, -0.05) is 30.3 Å². The Morgan fingerprint density at radius 3 is 2.03 bits per heavy atom. The average Bonchev–Trinajstić information content (AvgIpc) is 3.06. The third-order valence-electron chi connectivity index (χ3n) is 3.49. The maximum absolute atomic E-state index is 11.2. The number of aromatic hydroxyl groups is 1. The number of hydrogen-bond donors (Lipinski definition) is 2. The van der Waals surface area contributed by atoms with E-state index in [2.05, 4.69) is 24.7 Å². The topological polar surface area (TPSA) is 230 Å². The van der Waals surface area contributed by atoms with Gasteiger partial charge in [-0.3, -0.25) is 5.04 Å². The van der Waals surface area contributed by atoms with Crippen LogP contribution in [0.15, 0.2) is 64.8 Å². The minimum absolute atomic E-state index is 0. The number of carbonyl (C=O) groups is 1. The van der Waals surface area contributed by atoms with Gasteiger partial charge in [-0.15, -0.1) is 10.2 Å². The van der Waals surface area contributed by atoms with E-state index in [1.165, 1.54) is 10.7 Å². The molecular weight excluding hydrogens is 618 g/mol. The van der Waals surface area contributed by atoms with Crippen LogP contribution in [0.5, 0.6) is 5.88 Å². The van der Waals surface area contributed by atoms with Crippen LogP contribution in [0.3, 0.4) is 0 Å². The molecule has 3 aromatic rings. The molecule has 0 fully saturated rings. The van der Waals surface area contributed by atoms with Crippen LogP contribution in [0.1, 0.15) is 16.1 Å². The van der Waals surface area contributed by atoms with Crippen molar-refractivity contribution in [3.8, 4) is 11.6 Å². The molecule has 38 heavy (non-hydrogen) atoms. The smallest absolute Gasteiger partial charge is 0.748 e. The molecule has 19 heteroatoms. The molecule has 4 N–H and O–H groups in total. The summed E-state index contributed by atoms with van der Waals surface area (Å²) in [5.41, 5.74) is 1.60. The fraction of sp³-hybridized carbons (Fsp3) is 0.158. The molecule has 0 amide bonds. The number of para-hydroxylation sites is 1. The zero-order valence-electron chi connectivity index (χ0n) is 20.9. The van der Waals surface area contributed by atoms with Crippen molar-refractivity contribution >= 4 is 39.5 Å². The fourth-order valence-electron chi connectivity index (χ4n) is 2.25. The second-order valence-corrected chi connectivity index (χ2v) is 7.91. The summed E-state index contributed by atoms with van der Waals surface area (Å²) in [6, 6.07) is 15.4. The van der Waals surface area contributed by atoms with Crippen molar-refractivity contribution in [1.29, 1.82) is 0 Å². The molecule has 0 saturated carbocycles. The van der Waals surface area contributed by atoms with E-state index in [0.717, 1.165) is 12.0 Å². The number of benzene rings is 2. The molecule has 0 unspecified atom stereocenters.